The van der Waals surface area contributed by atoms with Gasteiger partial charge in [-0.15, -0.1) is 0 Å². The second-order valence-corrected chi connectivity index (χ2v) is 5.45. The van der Waals surface area contributed by atoms with Crippen LogP contribution in [-0.2, 0) is 4.79 Å². The van der Waals surface area contributed by atoms with Crippen LogP contribution >= 0.6 is 0 Å². The van der Waals surface area contributed by atoms with Gasteiger partial charge in [-0.25, -0.2) is 0 Å². The maximum atomic E-state index is 12.1. The zero-order valence-corrected chi connectivity index (χ0v) is 13.7. The lowest BCUT2D eigenvalue weighted by Gasteiger charge is -2.21. The topological polar surface area (TPSA) is 73.2 Å². The average Bonchev–Trinajstić information content (AvgIpc) is 2.58. The predicted molar refractivity (Wildman–Crippen MR) is 92.7 cm³/mol. The summed E-state index contributed by atoms with van der Waals surface area (Å²) in [6.07, 6.45) is 0. The van der Waals surface area contributed by atoms with Crippen LogP contribution in [0, 0.1) is 18.3 Å². The standard InChI is InChI=1S/C19H19N3O2/c1-14-4-3-5-17(12-14)19(24)21-10-11-22(15(2)23)18-8-6-16(13-20)7-9-18/h3-9,12H,10-11H2,1-2H3,(H,21,24). The highest BCUT2D eigenvalue weighted by molar-refractivity contribution is 5.95. The Morgan fingerprint density at radius 3 is 2.46 bits per heavy atom. The van der Waals surface area contributed by atoms with Gasteiger partial charge < -0.3 is 10.2 Å². The molecule has 0 radical (unpaired) electrons. The Kier molecular flexibility index (Phi) is 5.69. The highest BCUT2D eigenvalue weighted by Gasteiger charge is 2.12. The normalized spacial score (nSPS) is 9.88. The average molecular weight is 321 g/mol. The second-order valence-electron chi connectivity index (χ2n) is 5.45. The lowest BCUT2D eigenvalue weighted by atomic mass is 10.1. The molecule has 2 aromatic carbocycles. The van der Waals surface area contributed by atoms with E-state index in [0.29, 0.717) is 29.9 Å². The largest absolute Gasteiger partial charge is 0.350 e. The van der Waals surface area contributed by atoms with E-state index in [1.165, 1.54) is 6.92 Å². The molecule has 0 heterocycles. The monoisotopic (exact) mass is 321 g/mol. The molecule has 2 amide bonds. The maximum absolute atomic E-state index is 12.1. The van der Waals surface area contributed by atoms with Crippen LogP contribution in [0.5, 0.6) is 0 Å². The van der Waals surface area contributed by atoms with Crippen LogP contribution in [0.1, 0.15) is 28.4 Å². The number of nitrogens with zero attached hydrogens (tertiary/aromatic N) is 2. The Hall–Kier alpha value is -3.13. The number of aryl methyl sites for hydroxylation is 1. The molecule has 0 aliphatic rings. The van der Waals surface area contributed by atoms with Crippen molar-refractivity contribution in [3.8, 4) is 6.07 Å². The van der Waals surface area contributed by atoms with Crippen molar-refractivity contribution >= 4 is 17.5 Å². The van der Waals surface area contributed by atoms with E-state index in [2.05, 4.69) is 5.32 Å². The molecule has 2 rings (SSSR count). The number of anilines is 1. The minimum Gasteiger partial charge on any atom is -0.350 e. The zero-order valence-electron chi connectivity index (χ0n) is 13.7. The summed E-state index contributed by atoms with van der Waals surface area (Å²) >= 11 is 0. The fourth-order valence-corrected chi connectivity index (χ4v) is 2.35. The van der Waals surface area contributed by atoms with Gasteiger partial charge in [0.15, 0.2) is 0 Å². The second kappa shape index (κ2) is 7.93. The number of amides is 2. The molecule has 122 valence electrons. The van der Waals surface area contributed by atoms with Gasteiger partial charge in [0.05, 0.1) is 11.6 Å². The quantitative estimate of drug-likeness (QED) is 0.920. The van der Waals surface area contributed by atoms with Gasteiger partial charge >= 0.3 is 0 Å². The van der Waals surface area contributed by atoms with E-state index in [4.69, 9.17) is 5.26 Å². The number of carbonyl (C=O) groups excluding carboxylic acids is 2. The zero-order chi connectivity index (χ0) is 17.5. The smallest absolute Gasteiger partial charge is 0.251 e. The third-order valence-electron chi connectivity index (χ3n) is 3.59. The van der Waals surface area contributed by atoms with E-state index >= 15 is 0 Å². The fraction of sp³-hybridized carbons (Fsp3) is 0.211. The van der Waals surface area contributed by atoms with Crippen molar-refractivity contribution in [1.82, 2.24) is 5.32 Å². The summed E-state index contributed by atoms with van der Waals surface area (Å²) in [6.45, 7) is 4.10. The van der Waals surface area contributed by atoms with Crippen LogP contribution in [-0.4, -0.2) is 24.9 Å². The van der Waals surface area contributed by atoms with E-state index in [-0.39, 0.29) is 11.8 Å². The first-order valence-electron chi connectivity index (χ1n) is 7.64. The molecule has 0 spiro atoms. The molecule has 24 heavy (non-hydrogen) atoms. The van der Waals surface area contributed by atoms with Crippen LogP contribution in [0.3, 0.4) is 0 Å². The van der Waals surface area contributed by atoms with Crippen LogP contribution < -0.4 is 10.2 Å². The molecule has 5 nitrogen and oxygen atoms in total. The number of rotatable bonds is 5. The van der Waals surface area contributed by atoms with Crippen molar-refractivity contribution in [3.05, 3.63) is 65.2 Å². The summed E-state index contributed by atoms with van der Waals surface area (Å²) in [7, 11) is 0. The first kappa shape index (κ1) is 17.2. The van der Waals surface area contributed by atoms with Gasteiger partial charge in [0.2, 0.25) is 5.91 Å². The molecular formula is C19H19N3O2. The summed E-state index contributed by atoms with van der Waals surface area (Å²) in [5.41, 5.74) is 2.86. The summed E-state index contributed by atoms with van der Waals surface area (Å²) in [4.78, 5) is 25.5. The third-order valence-corrected chi connectivity index (χ3v) is 3.59. The number of hydrogen-bond acceptors (Lipinski definition) is 3. The van der Waals surface area contributed by atoms with E-state index in [1.807, 2.05) is 31.2 Å². The van der Waals surface area contributed by atoms with E-state index in [0.717, 1.165) is 5.56 Å². The highest BCUT2D eigenvalue weighted by atomic mass is 16.2. The molecule has 5 heteroatoms. The van der Waals surface area contributed by atoms with E-state index < -0.39 is 0 Å². The molecule has 0 fully saturated rings. The minimum atomic E-state index is -0.165. The fourth-order valence-electron chi connectivity index (χ4n) is 2.35. The van der Waals surface area contributed by atoms with Crippen LogP contribution in [0.4, 0.5) is 5.69 Å². The summed E-state index contributed by atoms with van der Waals surface area (Å²) in [6, 6.07) is 16.2. The molecular weight excluding hydrogens is 302 g/mol. The van der Waals surface area contributed by atoms with Gasteiger partial charge in [-0.2, -0.15) is 5.26 Å². The number of carbonyl (C=O) groups is 2. The minimum absolute atomic E-state index is 0.121. The van der Waals surface area contributed by atoms with E-state index in [1.54, 1.807) is 35.2 Å². The summed E-state index contributed by atoms with van der Waals surface area (Å²) in [5.74, 6) is -0.286. The molecule has 0 bridgehead atoms. The van der Waals surface area contributed by atoms with Crippen molar-refractivity contribution in [1.29, 1.82) is 5.26 Å². The van der Waals surface area contributed by atoms with Crippen molar-refractivity contribution in [2.24, 2.45) is 0 Å². The van der Waals surface area contributed by atoms with Gasteiger partial charge in [0, 0.05) is 31.3 Å². The van der Waals surface area contributed by atoms with Gasteiger partial charge in [0.1, 0.15) is 0 Å². The predicted octanol–water partition coefficient (Wildman–Crippen LogP) is 2.65. The Morgan fingerprint density at radius 2 is 1.88 bits per heavy atom. The highest BCUT2D eigenvalue weighted by Crippen LogP contribution is 2.15. The number of nitrogens with one attached hydrogen (secondary N) is 1. The van der Waals surface area contributed by atoms with Gasteiger partial charge in [-0.05, 0) is 43.3 Å². The lowest BCUT2D eigenvalue weighted by Crippen LogP contribution is -2.37. The molecule has 0 unspecified atom stereocenters. The van der Waals surface area contributed by atoms with Crippen molar-refractivity contribution in [3.63, 3.8) is 0 Å². The third kappa shape index (κ3) is 4.43. The van der Waals surface area contributed by atoms with E-state index in [9.17, 15) is 9.59 Å². The Bertz CT molecular complexity index is 776. The summed E-state index contributed by atoms with van der Waals surface area (Å²) in [5, 5.41) is 11.6. The number of nitriles is 1. The molecule has 0 saturated heterocycles. The maximum Gasteiger partial charge on any atom is 0.251 e. The molecule has 1 N–H and O–H groups in total. The van der Waals surface area contributed by atoms with Crippen molar-refractivity contribution in [2.45, 2.75) is 13.8 Å². The SMILES string of the molecule is CC(=O)N(CCNC(=O)c1cccc(C)c1)c1ccc(C#N)cc1. The molecule has 0 aliphatic carbocycles. The molecule has 2 aromatic rings. The Balaban J connectivity index is 1.98. The molecule has 0 saturated carbocycles. The van der Waals surface area contributed by atoms with Crippen LogP contribution in [0.25, 0.3) is 0 Å². The Morgan fingerprint density at radius 1 is 1.17 bits per heavy atom. The lowest BCUT2D eigenvalue weighted by molar-refractivity contribution is -0.116. The van der Waals surface area contributed by atoms with Gasteiger partial charge in [-0.1, -0.05) is 17.7 Å². The van der Waals surface area contributed by atoms with Crippen LogP contribution in [0.15, 0.2) is 48.5 Å². The van der Waals surface area contributed by atoms with Crippen molar-refractivity contribution in [2.75, 3.05) is 18.0 Å². The molecule has 0 aromatic heterocycles. The first-order chi connectivity index (χ1) is 11.5. The Labute approximate surface area is 141 Å². The van der Waals surface area contributed by atoms with Crippen LogP contribution in [0.2, 0.25) is 0 Å². The van der Waals surface area contributed by atoms with Gasteiger partial charge in [0.25, 0.3) is 5.91 Å². The molecule has 0 atom stereocenters. The number of benzene rings is 2. The van der Waals surface area contributed by atoms with Crippen molar-refractivity contribution < 1.29 is 9.59 Å². The van der Waals surface area contributed by atoms with Gasteiger partial charge in [-0.3, -0.25) is 9.59 Å². The first-order valence-corrected chi connectivity index (χ1v) is 7.64. The summed E-state index contributed by atoms with van der Waals surface area (Å²) < 4.78 is 0. The molecule has 0 aliphatic heterocycles. The number of hydrogen-bond donors (Lipinski definition) is 1.